The number of nitrogens with zero attached hydrogens (tertiary/aromatic N) is 1. The van der Waals surface area contributed by atoms with Gasteiger partial charge in [0.05, 0.1) is 30.5 Å². The second kappa shape index (κ2) is 6.76. The molecule has 2 aromatic rings. The van der Waals surface area contributed by atoms with Crippen molar-refractivity contribution in [3.63, 3.8) is 0 Å². The first kappa shape index (κ1) is 14.9. The second-order valence-corrected chi connectivity index (χ2v) is 4.65. The van der Waals surface area contributed by atoms with Crippen LogP contribution in [0.5, 0.6) is 5.75 Å². The Kier molecular flexibility index (Phi) is 4.78. The van der Waals surface area contributed by atoms with E-state index in [1.165, 1.54) is 6.07 Å². The van der Waals surface area contributed by atoms with Crippen LogP contribution >= 0.6 is 0 Å². The SMILES string of the molecule is CCC(Nc1ccc(C#N)cc1F)c1ccccc1OC. The van der Waals surface area contributed by atoms with Crippen LogP contribution in [0.4, 0.5) is 10.1 Å². The van der Waals surface area contributed by atoms with Crippen molar-refractivity contribution in [1.82, 2.24) is 0 Å². The molecule has 0 aromatic heterocycles. The van der Waals surface area contributed by atoms with Crippen molar-refractivity contribution in [2.24, 2.45) is 0 Å². The van der Waals surface area contributed by atoms with Gasteiger partial charge in [0.1, 0.15) is 11.6 Å². The van der Waals surface area contributed by atoms with Crippen molar-refractivity contribution in [2.45, 2.75) is 19.4 Å². The number of hydrogen-bond acceptors (Lipinski definition) is 3. The van der Waals surface area contributed by atoms with E-state index in [-0.39, 0.29) is 6.04 Å². The van der Waals surface area contributed by atoms with Crippen LogP contribution < -0.4 is 10.1 Å². The molecule has 0 aliphatic carbocycles. The van der Waals surface area contributed by atoms with Gasteiger partial charge in [-0.25, -0.2) is 4.39 Å². The number of para-hydroxylation sites is 1. The number of benzene rings is 2. The minimum Gasteiger partial charge on any atom is -0.496 e. The summed E-state index contributed by atoms with van der Waals surface area (Å²) in [5, 5.41) is 11.9. The van der Waals surface area contributed by atoms with Crippen molar-refractivity contribution in [3.8, 4) is 11.8 Å². The summed E-state index contributed by atoms with van der Waals surface area (Å²) in [5.41, 5.74) is 1.67. The molecule has 2 aromatic carbocycles. The molecular weight excluding hydrogens is 267 g/mol. The summed E-state index contributed by atoms with van der Waals surface area (Å²) in [6.07, 6.45) is 0.778. The molecule has 0 heterocycles. The van der Waals surface area contributed by atoms with E-state index in [4.69, 9.17) is 10.00 Å². The van der Waals surface area contributed by atoms with E-state index < -0.39 is 5.82 Å². The van der Waals surface area contributed by atoms with E-state index >= 15 is 0 Å². The van der Waals surface area contributed by atoms with Gasteiger partial charge in [-0.05, 0) is 30.7 Å². The van der Waals surface area contributed by atoms with Gasteiger partial charge < -0.3 is 10.1 Å². The molecule has 0 radical (unpaired) electrons. The number of nitrogens with one attached hydrogen (secondary N) is 1. The Labute approximate surface area is 124 Å². The van der Waals surface area contributed by atoms with E-state index in [0.717, 1.165) is 17.7 Å². The van der Waals surface area contributed by atoms with Crippen LogP contribution in [0.1, 0.15) is 30.5 Å². The molecule has 2 rings (SSSR count). The maximum atomic E-state index is 14.0. The first-order chi connectivity index (χ1) is 10.2. The standard InChI is InChI=1S/C17H17FN2O/c1-3-15(13-6-4-5-7-17(13)21-2)20-16-9-8-12(11-19)10-14(16)18/h4-10,15,20H,3H2,1-2H3. The van der Waals surface area contributed by atoms with Crippen LogP contribution in [0.15, 0.2) is 42.5 Å². The van der Waals surface area contributed by atoms with Crippen molar-refractivity contribution in [3.05, 3.63) is 59.4 Å². The fourth-order valence-electron chi connectivity index (χ4n) is 2.24. The summed E-state index contributed by atoms with van der Waals surface area (Å²) in [6, 6.07) is 14.0. The number of hydrogen-bond donors (Lipinski definition) is 1. The predicted molar refractivity (Wildman–Crippen MR) is 80.8 cm³/mol. The molecule has 0 aliphatic rings. The van der Waals surface area contributed by atoms with E-state index in [1.54, 1.807) is 19.2 Å². The lowest BCUT2D eigenvalue weighted by atomic mass is 10.0. The Hall–Kier alpha value is -2.54. The number of ether oxygens (including phenoxy) is 1. The van der Waals surface area contributed by atoms with Gasteiger partial charge in [0.15, 0.2) is 0 Å². The summed E-state index contributed by atoms with van der Waals surface area (Å²) in [5.74, 6) is 0.341. The van der Waals surface area contributed by atoms with Crippen molar-refractivity contribution in [1.29, 1.82) is 5.26 Å². The summed E-state index contributed by atoms with van der Waals surface area (Å²) in [6.45, 7) is 2.02. The minimum absolute atomic E-state index is 0.0661. The molecular formula is C17H17FN2O. The molecule has 1 unspecified atom stereocenters. The quantitative estimate of drug-likeness (QED) is 0.891. The second-order valence-electron chi connectivity index (χ2n) is 4.65. The first-order valence-corrected chi connectivity index (χ1v) is 6.78. The number of halogens is 1. The molecule has 1 N–H and O–H groups in total. The first-order valence-electron chi connectivity index (χ1n) is 6.78. The third-order valence-corrected chi connectivity index (χ3v) is 3.35. The summed E-state index contributed by atoms with van der Waals surface area (Å²) in [4.78, 5) is 0. The summed E-state index contributed by atoms with van der Waals surface area (Å²) in [7, 11) is 1.62. The highest BCUT2D eigenvalue weighted by atomic mass is 19.1. The average Bonchev–Trinajstić information content (AvgIpc) is 2.53. The normalized spacial score (nSPS) is 11.5. The van der Waals surface area contributed by atoms with Crippen LogP contribution in [-0.2, 0) is 0 Å². The summed E-state index contributed by atoms with van der Waals surface area (Å²) >= 11 is 0. The van der Waals surface area contributed by atoms with Gasteiger partial charge in [-0.1, -0.05) is 25.1 Å². The molecule has 0 bridgehead atoms. The topological polar surface area (TPSA) is 45.0 Å². The Morgan fingerprint density at radius 3 is 2.67 bits per heavy atom. The smallest absolute Gasteiger partial charge is 0.147 e. The van der Waals surface area contributed by atoms with E-state index in [2.05, 4.69) is 5.32 Å². The van der Waals surface area contributed by atoms with Gasteiger partial charge in [0, 0.05) is 5.56 Å². The zero-order chi connectivity index (χ0) is 15.2. The molecule has 0 amide bonds. The lowest BCUT2D eigenvalue weighted by molar-refractivity contribution is 0.406. The molecule has 0 saturated heterocycles. The Morgan fingerprint density at radius 2 is 2.05 bits per heavy atom. The molecule has 4 heteroatoms. The van der Waals surface area contributed by atoms with E-state index in [9.17, 15) is 4.39 Å². The zero-order valence-electron chi connectivity index (χ0n) is 12.1. The Morgan fingerprint density at radius 1 is 1.29 bits per heavy atom. The highest BCUT2D eigenvalue weighted by Gasteiger charge is 2.15. The fraction of sp³-hybridized carbons (Fsp3) is 0.235. The maximum absolute atomic E-state index is 14.0. The van der Waals surface area contributed by atoms with E-state index in [0.29, 0.717) is 11.3 Å². The molecule has 0 aliphatic heterocycles. The summed E-state index contributed by atoms with van der Waals surface area (Å²) < 4.78 is 19.3. The number of rotatable bonds is 5. The van der Waals surface area contributed by atoms with Crippen LogP contribution in [0.2, 0.25) is 0 Å². The lowest BCUT2D eigenvalue weighted by Crippen LogP contribution is -2.12. The molecule has 108 valence electrons. The highest BCUT2D eigenvalue weighted by Crippen LogP contribution is 2.30. The molecule has 0 saturated carbocycles. The van der Waals surface area contributed by atoms with Crippen molar-refractivity contribution >= 4 is 5.69 Å². The average molecular weight is 284 g/mol. The monoisotopic (exact) mass is 284 g/mol. The van der Waals surface area contributed by atoms with Gasteiger partial charge in [-0.3, -0.25) is 0 Å². The number of methoxy groups -OCH3 is 1. The molecule has 3 nitrogen and oxygen atoms in total. The van der Waals surface area contributed by atoms with Crippen LogP contribution in [0.25, 0.3) is 0 Å². The van der Waals surface area contributed by atoms with Crippen molar-refractivity contribution < 1.29 is 9.13 Å². The van der Waals surface area contributed by atoms with Gasteiger partial charge in [-0.2, -0.15) is 5.26 Å². The highest BCUT2D eigenvalue weighted by molar-refractivity contribution is 5.51. The largest absolute Gasteiger partial charge is 0.496 e. The zero-order valence-corrected chi connectivity index (χ0v) is 12.1. The third-order valence-electron chi connectivity index (χ3n) is 3.35. The van der Waals surface area contributed by atoms with Crippen molar-refractivity contribution in [2.75, 3.05) is 12.4 Å². The fourth-order valence-corrected chi connectivity index (χ4v) is 2.24. The van der Waals surface area contributed by atoms with Gasteiger partial charge in [-0.15, -0.1) is 0 Å². The Balaban J connectivity index is 2.29. The van der Waals surface area contributed by atoms with Gasteiger partial charge in [0.2, 0.25) is 0 Å². The predicted octanol–water partition coefficient (Wildman–Crippen LogP) is 4.27. The molecule has 0 fully saturated rings. The lowest BCUT2D eigenvalue weighted by Gasteiger charge is -2.21. The maximum Gasteiger partial charge on any atom is 0.147 e. The number of anilines is 1. The van der Waals surface area contributed by atoms with Crippen LogP contribution in [0.3, 0.4) is 0 Å². The molecule has 0 spiro atoms. The minimum atomic E-state index is -0.428. The molecule has 21 heavy (non-hydrogen) atoms. The number of nitriles is 1. The van der Waals surface area contributed by atoms with Crippen LogP contribution in [-0.4, -0.2) is 7.11 Å². The van der Waals surface area contributed by atoms with Crippen LogP contribution in [0, 0.1) is 17.1 Å². The van der Waals surface area contributed by atoms with Gasteiger partial charge in [0.25, 0.3) is 0 Å². The Bertz CT molecular complexity index is 664. The van der Waals surface area contributed by atoms with E-state index in [1.807, 2.05) is 37.3 Å². The molecule has 1 atom stereocenters. The third kappa shape index (κ3) is 3.32. The van der Waals surface area contributed by atoms with Gasteiger partial charge >= 0.3 is 0 Å².